The largest absolute Gasteiger partial charge is 0.484 e. The number of carbonyl (C=O) groups excluding carboxylic acids is 2. The second-order valence-electron chi connectivity index (χ2n) is 6.75. The summed E-state index contributed by atoms with van der Waals surface area (Å²) in [6.45, 7) is 0.432. The molecular formula is C21H26ClN3O3. The molecular weight excluding hydrogens is 378 g/mol. The molecule has 150 valence electrons. The molecule has 2 amide bonds. The molecule has 1 aliphatic rings. The van der Waals surface area contributed by atoms with Gasteiger partial charge in [0.15, 0.2) is 6.61 Å². The summed E-state index contributed by atoms with van der Waals surface area (Å²) in [7, 11) is 0. The highest BCUT2D eigenvalue weighted by Crippen LogP contribution is 2.32. The normalized spacial score (nSPS) is 18.0. The van der Waals surface area contributed by atoms with Gasteiger partial charge in [0.2, 0.25) is 5.91 Å². The van der Waals surface area contributed by atoms with E-state index >= 15 is 0 Å². The number of halogens is 1. The molecule has 0 saturated heterocycles. The van der Waals surface area contributed by atoms with Crippen LogP contribution < -0.4 is 21.1 Å². The van der Waals surface area contributed by atoms with Crippen LogP contribution in [0, 0.1) is 11.8 Å². The monoisotopic (exact) mass is 403 g/mol. The average molecular weight is 404 g/mol. The smallest absolute Gasteiger partial charge is 0.262 e. The molecule has 1 fully saturated rings. The van der Waals surface area contributed by atoms with Crippen LogP contribution in [0.1, 0.15) is 19.3 Å². The molecule has 1 saturated carbocycles. The molecule has 0 aliphatic heterocycles. The predicted molar refractivity (Wildman–Crippen MR) is 113 cm³/mol. The van der Waals surface area contributed by atoms with E-state index in [1.165, 1.54) is 0 Å². The van der Waals surface area contributed by atoms with E-state index in [2.05, 4.69) is 10.6 Å². The predicted octanol–water partition coefficient (Wildman–Crippen LogP) is 3.44. The van der Waals surface area contributed by atoms with E-state index in [0.717, 1.165) is 24.9 Å². The lowest BCUT2D eigenvalue weighted by Crippen LogP contribution is -2.29. The van der Waals surface area contributed by atoms with Gasteiger partial charge in [0.25, 0.3) is 5.91 Å². The minimum absolute atomic E-state index is 0. The molecule has 28 heavy (non-hydrogen) atoms. The van der Waals surface area contributed by atoms with Crippen LogP contribution in [0.2, 0.25) is 0 Å². The number of hydrogen-bond donors (Lipinski definition) is 3. The zero-order valence-electron chi connectivity index (χ0n) is 15.6. The number of nitrogens with two attached hydrogens (primary N) is 1. The minimum Gasteiger partial charge on any atom is -0.484 e. The van der Waals surface area contributed by atoms with E-state index in [4.69, 9.17) is 10.5 Å². The number of ether oxygens (including phenoxy) is 1. The Kier molecular flexibility index (Phi) is 8.29. The van der Waals surface area contributed by atoms with Crippen molar-refractivity contribution in [2.75, 3.05) is 23.8 Å². The molecule has 6 nitrogen and oxygen atoms in total. The van der Waals surface area contributed by atoms with E-state index in [9.17, 15) is 9.59 Å². The molecule has 0 unspecified atom stereocenters. The third kappa shape index (κ3) is 5.97. The fourth-order valence-electron chi connectivity index (χ4n) is 3.43. The maximum absolute atomic E-state index is 12.5. The highest BCUT2D eigenvalue weighted by molar-refractivity contribution is 5.93. The van der Waals surface area contributed by atoms with Crippen molar-refractivity contribution in [2.45, 2.75) is 19.3 Å². The molecule has 1 aliphatic carbocycles. The Labute approximate surface area is 171 Å². The van der Waals surface area contributed by atoms with Gasteiger partial charge in [-0.15, -0.1) is 12.4 Å². The van der Waals surface area contributed by atoms with E-state index in [1.54, 1.807) is 24.3 Å². The average Bonchev–Trinajstić information content (AvgIpc) is 3.16. The Bertz CT molecular complexity index is 785. The minimum atomic E-state index is -0.243. The van der Waals surface area contributed by atoms with Crippen LogP contribution >= 0.6 is 12.4 Å². The quantitative estimate of drug-likeness (QED) is 0.660. The standard InChI is InChI=1S/C21H25N3O3.ClH/c22-13-15-6-4-11-19(15)21(26)24-17-9-5-10-18(12-17)27-14-20(25)23-16-7-2-1-3-8-16;/h1-3,5,7-10,12,15,19H,4,6,11,13-14,22H2,(H,23,25)(H,24,26);1H/t15-,19-;/m1./s1. The molecule has 0 aromatic heterocycles. The number of amides is 2. The SMILES string of the molecule is Cl.NC[C@H]1CCC[C@H]1C(=O)Nc1cccc(OCC(=O)Nc2ccccc2)c1. The van der Waals surface area contributed by atoms with Gasteiger partial charge in [-0.25, -0.2) is 0 Å². The van der Waals surface area contributed by atoms with Gasteiger partial charge < -0.3 is 21.1 Å². The lowest BCUT2D eigenvalue weighted by molar-refractivity contribution is -0.121. The highest BCUT2D eigenvalue weighted by atomic mass is 35.5. The number of nitrogens with one attached hydrogen (secondary N) is 2. The Morgan fingerprint density at radius 1 is 1.00 bits per heavy atom. The number of para-hydroxylation sites is 1. The third-order valence-electron chi connectivity index (χ3n) is 4.83. The number of anilines is 2. The van der Waals surface area contributed by atoms with Crippen molar-refractivity contribution in [2.24, 2.45) is 17.6 Å². The van der Waals surface area contributed by atoms with E-state index in [1.807, 2.05) is 30.3 Å². The number of benzene rings is 2. The molecule has 7 heteroatoms. The van der Waals surface area contributed by atoms with Crippen LogP contribution in [0.3, 0.4) is 0 Å². The van der Waals surface area contributed by atoms with Crippen molar-refractivity contribution in [3.63, 3.8) is 0 Å². The summed E-state index contributed by atoms with van der Waals surface area (Å²) < 4.78 is 5.55. The summed E-state index contributed by atoms with van der Waals surface area (Å²) in [6, 6.07) is 16.3. The summed E-state index contributed by atoms with van der Waals surface area (Å²) in [5, 5.41) is 5.70. The summed E-state index contributed by atoms with van der Waals surface area (Å²) >= 11 is 0. The number of carbonyl (C=O) groups is 2. The number of rotatable bonds is 7. The van der Waals surface area contributed by atoms with Gasteiger partial charge in [-0.05, 0) is 49.6 Å². The van der Waals surface area contributed by atoms with Gasteiger partial charge in [-0.3, -0.25) is 9.59 Å². The van der Waals surface area contributed by atoms with Gasteiger partial charge in [0, 0.05) is 23.4 Å². The van der Waals surface area contributed by atoms with Crippen molar-refractivity contribution < 1.29 is 14.3 Å². The fourth-order valence-corrected chi connectivity index (χ4v) is 3.43. The Balaban J connectivity index is 0.00000280. The zero-order valence-corrected chi connectivity index (χ0v) is 16.4. The van der Waals surface area contributed by atoms with Crippen molar-refractivity contribution >= 4 is 35.6 Å². The lowest BCUT2D eigenvalue weighted by Gasteiger charge is -2.17. The third-order valence-corrected chi connectivity index (χ3v) is 4.83. The maximum atomic E-state index is 12.5. The molecule has 0 spiro atoms. The molecule has 3 rings (SSSR count). The van der Waals surface area contributed by atoms with Crippen molar-refractivity contribution in [1.29, 1.82) is 0 Å². The highest BCUT2D eigenvalue weighted by Gasteiger charge is 2.31. The van der Waals surface area contributed by atoms with Crippen molar-refractivity contribution in [3.8, 4) is 5.75 Å². The van der Waals surface area contributed by atoms with Gasteiger partial charge in [0.1, 0.15) is 5.75 Å². The van der Waals surface area contributed by atoms with Gasteiger partial charge in [-0.2, -0.15) is 0 Å². The number of hydrogen-bond acceptors (Lipinski definition) is 4. The van der Waals surface area contributed by atoms with Crippen LogP contribution in [0.15, 0.2) is 54.6 Å². The topological polar surface area (TPSA) is 93.5 Å². The lowest BCUT2D eigenvalue weighted by atomic mass is 9.95. The molecule has 2 atom stereocenters. The zero-order chi connectivity index (χ0) is 19.1. The molecule has 4 N–H and O–H groups in total. The first-order valence-corrected chi connectivity index (χ1v) is 9.24. The van der Waals surface area contributed by atoms with Crippen LogP contribution in [-0.2, 0) is 9.59 Å². The van der Waals surface area contributed by atoms with E-state index < -0.39 is 0 Å². The maximum Gasteiger partial charge on any atom is 0.262 e. The molecule has 2 aromatic carbocycles. The Morgan fingerprint density at radius 3 is 2.50 bits per heavy atom. The first-order valence-electron chi connectivity index (χ1n) is 9.24. The Hall–Kier alpha value is -2.57. The molecule has 0 bridgehead atoms. The van der Waals surface area contributed by atoms with Crippen LogP contribution in [0.5, 0.6) is 5.75 Å². The van der Waals surface area contributed by atoms with Gasteiger partial charge >= 0.3 is 0 Å². The summed E-state index contributed by atoms with van der Waals surface area (Å²) in [6.07, 6.45) is 2.93. The van der Waals surface area contributed by atoms with Crippen LogP contribution in [0.25, 0.3) is 0 Å². The molecule has 0 heterocycles. The fraction of sp³-hybridized carbons (Fsp3) is 0.333. The van der Waals surface area contributed by atoms with Crippen LogP contribution in [0.4, 0.5) is 11.4 Å². The van der Waals surface area contributed by atoms with Crippen molar-refractivity contribution in [1.82, 2.24) is 0 Å². The first-order chi connectivity index (χ1) is 13.2. The second kappa shape index (κ2) is 10.7. The van der Waals surface area contributed by atoms with Crippen LogP contribution in [-0.4, -0.2) is 25.0 Å². The van der Waals surface area contributed by atoms with Gasteiger partial charge in [0.05, 0.1) is 0 Å². The van der Waals surface area contributed by atoms with E-state index in [0.29, 0.717) is 18.0 Å². The van der Waals surface area contributed by atoms with Crippen molar-refractivity contribution in [3.05, 3.63) is 54.6 Å². The first kappa shape index (κ1) is 21.7. The summed E-state index contributed by atoms with van der Waals surface area (Å²) in [5.41, 5.74) is 7.14. The second-order valence-corrected chi connectivity index (χ2v) is 6.75. The summed E-state index contributed by atoms with van der Waals surface area (Å²) in [4.78, 5) is 24.5. The van der Waals surface area contributed by atoms with Gasteiger partial charge in [-0.1, -0.05) is 30.7 Å². The Morgan fingerprint density at radius 2 is 1.75 bits per heavy atom. The molecule has 2 aromatic rings. The van der Waals surface area contributed by atoms with E-state index in [-0.39, 0.29) is 42.7 Å². The molecule has 0 radical (unpaired) electrons. The summed E-state index contributed by atoms with van der Waals surface area (Å²) in [5.74, 6) is 0.509.